The highest BCUT2D eigenvalue weighted by Gasteiger charge is 2.77. The van der Waals surface area contributed by atoms with Crippen LogP contribution in [0.3, 0.4) is 0 Å². The Morgan fingerprint density at radius 2 is 1.91 bits per heavy atom. The first kappa shape index (κ1) is 26.8. The normalized spacial score (nSPS) is 32.4. The summed E-state index contributed by atoms with van der Waals surface area (Å²) < 4.78 is -1.06. The number of carbonyl (C=O) groups is 3. The summed E-state index contributed by atoms with van der Waals surface area (Å²) in [5.41, 5.74) is 0. The van der Waals surface area contributed by atoms with Crippen LogP contribution in [0.5, 0.6) is 0 Å². The van der Waals surface area contributed by atoms with Crippen LogP contribution in [-0.2, 0) is 14.4 Å². The highest BCUT2D eigenvalue weighted by Crippen LogP contribution is 2.71. The Kier molecular flexibility index (Phi) is 8.23. The van der Waals surface area contributed by atoms with Crippen LogP contribution in [0.1, 0.15) is 52.9 Å². The van der Waals surface area contributed by atoms with Crippen molar-refractivity contribution in [3.63, 3.8) is 0 Å². The first-order valence-corrected chi connectivity index (χ1v) is 13.3. The minimum atomic E-state index is -0.692. The van der Waals surface area contributed by atoms with Gasteiger partial charge in [0.25, 0.3) is 0 Å². The van der Waals surface area contributed by atoms with E-state index in [1.54, 1.807) is 47.7 Å². The zero-order valence-electron chi connectivity index (χ0n) is 21.2. The average Bonchev–Trinajstić information content (AvgIpc) is 3.38. The molecule has 3 saturated heterocycles. The lowest BCUT2D eigenvalue weighted by Crippen LogP contribution is -2.57. The Bertz CT molecular complexity index is 835. The predicted octanol–water partition coefficient (Wildman–Crippen LogP) is 2.70. The standard InChI is InChI=1S/C26H41N3O4S/c1-7-10-11-16-28(15-9-3)24(33)21-26-13-12-25(5,34-26)19(22(31)27(6)14-8-2)20(26)23(32)29(21)18(4)17-30/h8-9,18-21,30H,2-3,7,10-17H2,1,4-6H3/t18-,19+,20+,21?,25-,26?/m1/s1. The zero-order chi connectivity index (χ0) is 25.3. The number of aliphatic hydroxyl groups excluding tert-OH is 1. The second kappa shape index (κ2) is 10.4. The second-order valence-electron chi connectivity index (χ2n) is 10.3. The van der Waals surface area contributed by atoms with E-state index in [-0.39, 0.29) is 24.3 Å². The number of rotatable bonds is 12. The lowest BCUT2D eigenvalue weighted by molar-refractivity contribution is -0.147. The SMILES string of the molecule is C=CCN(C)C(=O)[C@@H]1[C@H]2C(=O)N([C@H](C)CO)C(C(=O)N(CC=C)CCCCC)C23CC[C@@]1(C)S3. The molecule has 0 aromatic heterocycles. The molecular weight excluding hydrogens is 450 g/mol. The molecule has 3 fully saturated rings. The Balaban J connectivity index is 2.05. The van der Waals surface area contributed by atoms with Crippen LogP contribution in [0.15, 0.2) is 25.3 Å². The minimum absolute atomic E-state index is 0.0644. The molecule has 2 unspecified atom stereocenters. The molecule has 8 heteroatoms. The number of hydrogen-bond donors (Lipinski definition) is 1. The maximum atomic E-state index is 14.1. The van der Waals surface area contributed by atoms with E-state index in [4.69, 9.17) is 0 Å². The zero-order valence-corrected chi connectivity index (χ0v) is 22.0. The van der Waals surface area contributed by atoms with Crippen LogP contribution < -0.4 is 0 Å². The molecule has 3 rings (SSSR count). The number of likely N-dealkylation sites (tertiary alicyclic amines) is 1. The third-order valence-electron chi connectivity index (χ3n) is 7.93. The van der Waals surface area contributed by atoms with Crippen LogP contribution in [0.25, 0.3) is 0 Å². The van der Waals surface area contributed by atoms with E-state index >= 15 is 0 Å². The molecule has 1 N–H and O–H groups in total. The molecule has 0 aromatic rings. The van der Waals surface area contributed by atoms with Crippen molar-refractivity contribution in [2.45, 2.75) is 74.5 Å². The van der Waals surface area contributed by atoms with Gasteiger partial charge in [0.15, 0.2) is 0 Å². The summed E-state index contributed by atoms with van der Waals surface area (Å²) in [5, 5.41) is 10.0. The fraction of sp³-hybridized carbons (Fsp3) is 0.731. The molecule has 1 spiro atoms. The van der Waals surface area contributed by atoms with Gasteiger partial charge in [-0.15, -0.1) is 24.9 Å². The molecular formula is C26H41N3O4S. The smallest absolute Gasteiger partial charge is 0.247 e. The van der Waals surface area contributed by atoms with Crippen LogP contribution in [0.4, 0.5) is 0 Å². The number of amides is 3. The van der Waals surface area contributed by atoms with E-state index in [1.807, 2.05) is 4.90 Å². The topological polar surface area (TPSA) is 81.2 Å². The molecule has 6 atom stereocenters. The summed E-state index contributed by atoms with van der Waals surface area (Å²) >= 11 is 1.67. The molecule has 0 radical (unpaired) electrons. The van der Waals surface area contributed by atoms with E-state index in [1.165, 1.54) is 0 Å². The molecule has 0 aromatic carbocycles. The van der Waals surface area contributed by atoms with Crippen molar-refractivity contribution in [1.29, 1.82) is 0 Å². The second-order valence-corrected chi connectivity index (χ2v) is 12.2. The molecule has 7 nitrogen and oxygen atoms in total. The Labute approximate surface area is 208 Å². The number of aliphatic hydroxyl groups is 1. The Morgan fingerprint density at radius 1 is 1.24 bits per heavy atom. The van der Waals surface area contributed by atoms with Gasteiger partial charge in [-0.1, -0.05) is 31.9 Å². The van der Waals surface area contributed by atoms with Gasteiger partial charge < -0.3 is 19.8 Å². The van der Waals surface area contributed by atoms with Crippen molar-refractivity contribution < 1.29 is 19.5 Å². The van der Waals surface area contributed by atoms with Crippen molar-refractivity contribution in [1.82, 2.24) is 14.7 Å². The summed E-state index contributed by atoms with van der Waals surface area (Å²) in [5.74, 6) is -1.39. The molecule has 3 aliphatic heterocycles. The quantitative estimate of drug-likeness (QED) is 0.335. The highest BCUT2D eigenvalue weighted by molar-refractivity contribution is 8.02. The van der Waals surface area contributed by atoms with E-state index < -0.39 is 33.4 Å². The van der Waals surface area contributed by atoms with Crippen LogP contribution in [0.2, 0.25) is 0 Å². The lowest BCUT2D eigenvalue weighted by Gasteiger charge is -2.39. The van der Waals surface area contributed by atoms with E-state index in [0.717, 1.165) is 25.7 Å². The van der Waals surface area contributed by atoms with Crippen LogP contribution >= 0.6 is 11.8 Å². The Hall–Kier alpha value is -1.80. The van der Waals surface area contributed by atoms with Crippen molar-refractivity contribution in [2.24, 2.45) is 11.8 Å². The predicted molar refractivity (Wildman–Crippen MR) is 136 cm³/mol. The molecule has 3 amide bonds. The number of thioether (sulfide) groups is 1. The average molecular weight is 492 g/mol. The van der Waals surface area contributed by atoms with Crippen molar-refractivity contribution in [3.8, 4) is 0 Å². The van der Waals surface area contributed by atoms with E-state index in [2.05, 4.69) is 27.0 Å². The molecule has 3 aliphatic rings. The number of likely N-dealkylation sites (N-methyl/N-ethyl adjacent to an activating group) is 1. The minimum Gasteiger partial charge on any atom is -0.394 e. The number of fused-ring (bicyclic) bond motifs is 1. The Morgan fingerprint density at radius 3 is 2.50 bits per heavy atom. The van der Waals surface area contributed by atoms with E-state index in [9.17, 15) is 19.5 Å². The fourth-order valence-corrected chi connectivity index (χ4v) is 8.61. The number of nitrogens with zero attached hydrogens (tertiary/aromatic N) is 3. The first-order chi connectivity index (χ1) is 16.1. The summed E-state index contributed by atoms with van der Waals surface area (Å²) in [4.78, 5) is 46.7. The fourth-order valence-electron chi connectivity index (χ4n) is 6.28. The maximum Gasteiger partial charge on any atom is 0.247 e. The molecule has 34 heavy (non-hydrogen) atoms. The third-order valence-corrected chi connectivity index (χ3v) is 9.91. The van der Waals surface area contributed by atoms with Crippen LogP contribution in [0, 0.1) is 11.8 Å². The number of hydrogen-bond acceptors (Lipinski definition) is 5. The monoisotopic (exact) mass is 491 g/mol. The summed E-state index contributed by atoms with van der Waals surface area (Å²) in [6, 6.07) is -1.19. The summed E-state index contributed by atoms with van der Waals surface area (Å²) in [7, 11) is 1.74. The first-order valence-electron chi connectivity index (χ1n) is 12.5. The van der Waals surface area contributed by atoms with Gasteiger partial charge in [-0.3, -0.25) is 14.4 Å². The number of unbranched alkanes of at least 4 members (excludes halogenated alkanes) is 2. The summed E-state index contributed by atoms with van der Waals surface area (Å²) in [6.07, 6.45) is 7.86. The van der Waals surface area contributed by atoms with Crippen LogP contribution in [-0.4, -0.2) is 92.4 Å². The molecule has 0 saturated carbocycles. The van der Waals surface area contributed by atoms with Gasteiger partial charge in [-0.25, -0.2) is 0 Å². The van der Waals surface area contributed by atoms with E-state index in [0.29, 0.717) is 26.1 Å². The van der Waals surface area contributed by atoms with Gasteiger partial charge in [0.05, 0.1) is 29.2 Å². The van der Waals surface area contributed by atoms with Gasteiger partial charge in [0.1, 0.15) is 6.04 Å². The number of carbonyl (C=O) groups excluding carboxylic acids is 3. The molecule has 0 aliphatic carbocycles. The van der Waals surface area contributed by atoms with Gasteiger partial charge in [-0.05, 0) is 33.1 Å². The van der Waals surface area contributed by atoms with Crippen molar-refractivity contribution in [3.05, 3.63) is 25.3 Å². The molecule has 190 valence electrons. The third kappa shape index (κ3) is 4.21. The van der Waals surface area contributed by atoms with Gasteiger partial charge >= 0.3 is 0 Å². The highest BCUT2D eigenvalue weighted by atomic mass is 32.2. The molecule has 3 heterocycles. The van der Waals surface area contributed by atoms with Gasteiger partial charge in [0.2, 0.25) is 17.7 Å². The van der Waals surface area contributed by atoms with Crippen molar-refractivity contribution >= 4 is 29.5 Å². The van der Waals surface area contributed by atoms with Gasteiger partial charge in [0, 0.05) is 31.4 Å². The van der Waals surface area contributed by atoms with Crippen molar-refractivity contribution in [2.75, 3.05) is 33.3 Å². The summed E-state index contributed by atoms with van der Waals surface area (Å²) in [6.45, 7) is 14.8. The van der Waals surface area contributed by atoms with Gasteiger partial charge in [-0.2, -0.15) is 0 Å². The molecule has 2 bridgehead atoms. The largest absolute Gasteiger partial charge is 0.394 e. The maximum absolute atomic E-state index is 14.1. The lowest BCUT2D eigenvalue weighted by atomic mass is 9.66.